The lowest BCUT2D eigenvalue weighted by Gasteiger charge is -2.08. The Morgan fingerprint density at radius 3 is 2.94 bits per heavy atom. The number of ether oxygens (including phenoxy) is 2. The Bertz CT molecular complexity index is 463. The third kappa shape index (κ3) is 4.06. The van der Waals surface area contributed by atoms with Crippen LogP contribution in [0.5, 0.6) is 11.5 Å². The molecule has 0 aromatic heterocycles. The Balaban J connectivity index is 2.86. The molecule has 0 spiro atoms. The number of hydrogen-bond donors (Lipinski definition) is 2. The molecule has 0 unspecified atom stereocenters. The van der Waals surface area contributed by atoms with Gasteiger partial charge in [-0.05, 0) is 47.2 Å². The molecule has 0 heterocycles. The van der Waals surface area contributed by atoms with Gasteiger partial charge in [0.25, 0.3) is 0 Å². The largest absolute Gasteiger partial charge is 0.504 e. The highest BCUT2D eigenvalue weighted by Crippen LogP contribution is 2.32. The van der Waals surface area contributed by atoms with Crippen LogP contribution in [0.2, 0.25) is 0 Å². The van der Waals surface area contributed by atoms with Crippen LogP contribution in [0.4, 0.5) is 4.79 Å². The van der Waals surface area contributed by atoms with Crippen LogP contribution in [0, 0.1) is 3.57 Å². The molecule has 0 radical (unpaired) electrons. The van der Waals surface area contributed by atoms with Crippen molar-refractivity contribution in [3.63, 3.8) is 0 Å². The number of phenols is 1. The van der Waals surface area contributed by atoms with Gasteiger partial charge in [0.05, 0.1) is 23.5 Å². The average Bonchev–Trinajstić information content (AvgIpc) is 2.35. The molecule has 0 fully saturated rings. The lowest BCUT2D eigenvalue weighted by molar-refractivity contribution is 0.171. The highest BCUT2D eigenvalue weighted by Gasteiger charge is 2.08. The normalized spacial score (nSPS) is 10.4. The number of hydrazone groups is 1. The molecule has 0 aliphatic rings. The van der Waals surface area contributed by atoms with E-state index in [9.17, 15) is 9.90 Å². The van der Waals surface area contributed by atoms with E-state index in [1.165, 1.54) is 13.3 Å². The predicted octanol–water partition coefficient (Wildman–Crippen LogP) is 2.09. The van der Waals surface area contributed by atoms with Gasteiger partial charge < -0.3 is 14.6 Å². The van der Waals surface area contributed by atoms with Gasteiger partial charge in [-0.2, -0.15) is 5.10 Å². The molecule has 0 aliphatic heterocycles. The molecule has 1 aromatic carbocycles. The zero-order chi connectivity index (χ0) is 13.5. The van der Waals surface area contributed by atoms with Gasteiger partial charge in [0, 0.05) is 0 Å². The first-order valence-corrected chi connectivity index (χ1v) is 6.18. The number of methoxy groups -OCH3 is 1. The molecule has 0 saturated carbocycles. The monoisotopic (exact) mass is 364 g/mol. The first kappa shape index (κ1) is 14.6. The van der Waals surface area contributed by atoms with Crippen molar-refractivity contribution < 1.29 is 19.4 Å². The van der Waals surface area contributed by atoms with E-state index in [1.54, 1.807) is 12.1 Å². The fraction of sp³-hybridized carbons (Fsp3) is 0.273. The molecular formula is C11H13IN2O4. The zero-order valence-electron chi connectivity index (χ0n) is 9.94. The first-order valence-electron chi connectivity index (χ1n) is 5.10. The van der Waals surface area contributed by atoms with Crippen LogP contribution in [-0.2, 0) is 4.74 Å². The summed E-state index contributed by atoms with van der Waals surface area (Å²) in [6, 6.07) is 3.34. The van der Waals surface area contributed by atoms with Gasteiger partial charge in [0.15, 0.2) is 11.5 Å². The van der Waals surface area contributed by atoms with Gasteiger partial charge in [0.1, 0.15) is 0 Å². The lowest BCUT2D eigenvalue weighted by atomic mass is 10.2. The SMILES string of the molecule is CCOc1cc(/C=N/NC(=O)OC)cc(I)c1O. The smallest absolute Gasteiger partial charge is 0.427 e. The Kier molecular flexibility index (Phi) is 5.69. The summed E-state index contributed by atoms with van der Waals surface area (Å²) in [4.78, 5) is 10.8. The highest BCUT2D eigenvalue weighted by molar-refractivity contribution is 14.1. The van der Waals surface area contributed by atoms with Crippen molar-refractivity contribution in [2.75, 3.05) is 13.7 Å². The van der Waals surface area contributed by atoms with Crippen LogP contribution in [0.25, 0.3) is 0 Å². The van der Waals surface area contributed by atoms with Crippen molar-refractivity contribution in [3.05, 3.63) is 21.3 Å². The predicted molar refractivity (Wildman–Crippen MR) is 75.1 cm³/mol. The number of nitrogens with one attached hydrogen (secondary N) is 1. The van der Waals surface area contributed by atoms with Crippen molar-refractivity contribution in [1.29, 1.82) is 0 Å². The molecule has 0 saturated heterocycles. The minimum Gasteiger partial charge on any atom is -0.504 e. The molecule has 18 heavy (non-hydrogen) atoms. The maximum Gasteiger partial charge on any atom is 0.427 e. The summed E-state index contributed by atoms with van der Waals surface area (Å²) < 4.78 is 10.3. The Morgan fingerprint density at radius 1 is 1.61 bits per heavy atom. The quantitative estimate of drug-likeness (QED) is 0.487. The van der Waals surface area contributed by atoms with E-state index in [2.05, 4.69) is 15.3 Å². The molecule has 6 nitrogen and oxygen atoms in total. The van der Waals surface area contributed by atoms with Crippen molar-refractivity contribution >= 4 is 34.9 Å². The standard InChI is InChI=1S/C11H13IN2O4/c1-3-18-9-5-7(4-8(12)10(9)15)6-13-14-11(16)17-2/h4-6,15H,3H2,1-2H3,(H,14,16)/b13-6+. The van der Waals surface area contributed by atoms with Crippen LogP contribution in [-0.4, -0.2) is 31.1 Å². The summed E-state index contributed by atoms with van der Waals surface area (Å²) in [7, 11) is 1.25. The molecule has 98 valence electrons. The van der Waals surface area contributed by atoms with Crippen molar-refractivity contribution in [2.24, 2.45) is 5.10 Å². The number of nitrogens with zero attached hydrogens (tertiary/aromatic N) is 1. The molecule has 0 atom stereocenters. The number of aromatic hydroxyl groups is 1. The molecule has 2 N–H and O–H groups in total. The summed E-state index contributed by atoms with van der Waals surface area (Å²) in [5.41, 5.74) is 2.86. The van der Waals surface area contributed by atoms with Crippen LogP contribution in [0.15, 0.2) is 17.2 Å². The van der Waals surface area contributed by atoms with Crippen molar-refractivity contribution in [3.8, 4) is 11.5 Å². The lowest BCUT2D eigenvalue weighted by Crippen LogP contribution is -2.16. The number of benzene rings is 1. The van der Waals surface area contributed by atoms with E-state index in [-0.39, 0.29) is 5.75 Å². The van der Waals surface area contributed by atoms with E-state index in [1.807, 2.05) is 29.5 Å². The van der Waals surface area contributed by atoms with Gasteiger partial charge in [-0.3, -0.25) is 0 Å². The molecule has 0 aliphatic carbocycles. The number of halogens is 1. The van der Waals surface area contributed by atoms with Crippen LogP contribution in [0.3, 0.4) is 0 Å². The topological polar surface area (TPSA) is 80.2 Å². The second-order valence-electron chi connectivity index (χ2n) is 3.14. The zero-order valence-corrected chi connectivity index (χ0v) is 12.1. The van der Waals surface area contributed by atoms with Gasteiger partial charge in [-0.25, -0.2) is 10.2 Å². The van der Waals surface area contributed by atoms with E-state index >= 15 is 0 Å². The van der Waals surface area contributed by atoms with Gasteiger partial charge in [-0.1, -0.05) is 0 Å². The van der Waals surface area contributed by atoms with E-state index < -0.39 is 6.09 Å². The van der Waals surface area contributed by atoms with E-state index in [0.717, 1.165) is 0 Å². The van der Waals surface area contributed by atoms with Gasteiger partial charge >= 0.3 is 6.09 Å². The van der Waals surface area contributed by atoms with Crippen LogP contribution in [0.1, 0.15) is 12.5 Å². The van der Waals surface area contributed by atoms with Crippen LogP contribution >= 0.6 is 22.6 Å². The summed E-state index contributed by atoms with van der Waals surface area (Å²) in [6.07, 6.45) is 0.783. The highest BCUT2D eigenvalue weighted by atomic mass is 127. The fourth-order valence-electron chi connectivity index (χ4n) is 1.14. The second-order valence-corrected chi connectivity index (χ2v) is 4.31. The molecule has 1 amide bonds. The molecule has 7 heteroatoms. The third-order valence-electron chi connectivity index (χ3n) is 1.91. The average molecular weight is 364 g/mol. The Morgan fingerprint density at radius 2 is 2.33 bits per heavy atom. The fourth-order valence-corrected chi connectivity index (χ4v) is 1.76. The number of rotatable bonds is 4. The second kappa shape index (κ2) is 7.04. The van der Waals surface area contributed by atoms with Crippen LogP contribution < -0.4 is 10.2 Å². The minimum atomic E-state index is -0.648. The minimum absolute atomic E-state index is 0.0931. The van der Waals surface area contributed by atoms with Crippen molar-refractivity contribution in [1.82, 2.24) is 5.43 Å². The number of hydrogen-bond acceptors (Lipinski definition) is 5. The molecular weight excluding hydrogens is 351 g/mol. The van der Waals surface area contributed by atoms with E-state index in [4.69, 9.17) is 4.74 Å². The Labute approximate surface area is 118 Å². The third-order valence-corrected chi connectivity index (χ3v) is 2.73. The molecule has 1 aromatic rings. The number of amides is 1. The summed E-state index contributed by atoms with van der Waals surface area (Å²) in [6.45, 7) is 2.27. The number of phenolic OH excluding ortho intramolecular Hbond substituents is 1. The van der Waals surface area contributed by atoms with Gasteiger partial charge in [0.2, 0.25) is 0 Å². The number of carbonyl (C=O) groups excluding carboxylic acids is 1. The summed E-state index contributed by atoms with van der Waals surface area (Å²) in [5, 5.41) is 13.4. The summed E-state index contributed by atoms with van der Waals surface area (Å²) >= 11 is 1.98. The first-order chi connectivity index (χ1) is 8.58. The van der Waals surface area contributed by atoms with Gasteiger partial charge in [-0.15, -0.1) is 0 Å². The molecule has 1 rings (SSSR count). The number of carbonyl (C=O) groups is 1. The maximum atomic E-state index is 10.8. The van der Waals surface area contributed by atoms with E-state index in [0.29, 0.717) is 21.5 Å². The maximum absolute atomic E-state index is 10.8. The Hall–Kier alpha value is -1.51. The van der Waals surface area contributed by atoms with Crippen molar-refractivity contribution in [2.45, 2.75) is 6.92 Å². The molecule has 0 bridgehead atoms. The summed E-state index contributed by atoms with van der Waals surface area (Å²) in [5.74, 6) is 0.472.